The summed E-state index contributed by atoms with van der Waals surface area (Å²) in [4.78, 5) is 18.8. The minimum atomic E-state index is 0.0702. The number of hydrogen-bond donors (Lipinski definition) is 1. The molecule has 20 heavy (non-hydrogen) atoms. The van der Waals surface area contributed by atoms with Crippen molar-refractivity contribution in [2.45, 2.75) is 25.7 Å². The number of anilines is 1. The first kappa shape index (κ1) is 13.7. The fourth-order valence-corrected chi connectivity index (χ4v) is 2.65. The Morgan fingerprint density at radius 2 is 1.95 bits per heavy atom. The van der Waals surface area contributed by atoms with Crippen molar-refractivity contribution in [3.63, 3.8) is 0 Å². The van der Waals surface area contributed by atoms with Crippen LogP contribution in [0.3, 0.4) is 0 Å². The number of carbonyl (C=O) groups is 1. The van der Waals surface area contributed by atoms with Crippen molar-refractivity contribution in [3.05, 3.63) is 22.8 Å². The number of carbonyl (C=O) groups excluding carboxylic acids is 1. The molecule has 108 valence electrons. The highest BCUT2D eigenvalue weighted by Crippen LogP contribution is 2.34. The first-order valence-electron chi connectivity index (χ1n) is 7.30. The van der Waals surface area contributed by atoms with Crippen molar-refractivity contribution >= 4 is 23.3 Å². The highest BCUT2D eigenvalue weighted by atomic mass is 35.5. The van der Waals surface area contributed by atoms with Crippen LogP contribution in [0.25, 0.3) is 0 Å². The first-order valence-corrected chi connectivity index (χ1v) is 7.67. The lowest BCUT2D eigenvalue weighted by molar-refractivity contribution is 0.0739. The quantitative estimate of drug-likeness (QED) is 0.877. The summed E-state index contributed by atoms with van der Waals surface area (Å²) in [7, 11) is 1.77. The predicted molar refractivity (Wildman–Crippen MR) is 80.1 cm³/mol. The van der Waals surface area contributed by atoms with Crippen molar-refractivity contribution in [1.82, 2.24) is 9.88 Å². The largest absolute Gasteiger partial charge is 0.372 e. The molecule has 0 aliphatic heterocycles. The van der Waals surface area contributed by atoms with Crippen LogP contribution in [0.15, 0.2) is 12.3 Å². The van der Waals surface area contributed by atoms with Gasteiger partial charge >= 0.3 is 0 Å². The van der Waals surface area contributed by atoms with E-state index in [2.05, 4.69) is 10.3 Å². The summed E-state index contributed by atoms with van der Waals surface area (Å²) < 4.78 is 0. The Morgan fingerprint density at radius 3 is 2.40 bits per heavy atom. The Bertz CT molecular complexity index is 498. The van der Waals surface area contributed by atoms with Crippen molar-refractivity contribution in [1.29, 1.82) is 0 Å². The topological polar surface area (TPSA) is 45.2 Å². The minimum Gasteiger partial charge on any atom is -0.372 e. The molecule has 2 saturated carbocycles. The van der Waals surface area contributed by atoms with Crippen LogP contribution < -0.4 is 5.32 Å². The number of pyridine rings is 1. The summed E-state index contributed by atoms with van der Waals surface area (Å²) in [6, 6.07) is 1.72. The Balaban J connectivity index is 1.74. The summed E-state index contributed by atoms with van der Waals surface area (Å²) in [5, 5.41) is 3.40. The number of aromatic nitrogens is 1. The number of hydrogen-bond acceptors (Lipinski definition) is 3. The van der Waals surface area contributed by atoms with Crippen molar-refractivity contribution in [2.75, 3.05) is 25.5 Å². The van der Waals surface area contributed by atoms with Crippen LogP contribution in [-0.2, 0) is 0 Å². The number of nitrogens with zero attached hydrogens (tertiary/aromatic N) is 2. The van der Waals surface area contributed by atoms with Crippen molar-refractivity contribution in [3.8, 4) is 0 Å². The van der Waals surface area contributed by atoms with E-state index in [1.807, 2.05) is 4.90 Å². The second-order valence-corrected chi connectivity index (χ2v) is 6.31. The Morgan fingerprint density at radius 1 is 1.35 bits per heavy atom. The van der Waals surface area contributed by atoms with E-state index in [9.17, 15) is 4.79 Å². The van der Waals surface area contributed by atoms with Crippen LogP contribution in [0.4, 0.5) is 5.82 Å². The molecule has 4 nitrogen and oxygen atoms in total. The zero-order valence-electron chi connectivity index (χ0n) is 11.7. The molecule has 0 unspecified atom stereocenters. The monoisotopic (exact) mass is 293 g/mol. The van der Waals surface area contributed by atoms with E-state index < -0.39 is 0 Å². The van der Waals surface area contributed by atoms with Gasteiger partial charge in [0, 0.05) is 26.3 Å². The van der Waals surface area contributed by atoms with Gasteiger partial charge in [0.1, 0.15) is 5.82 Å². The fraction of sp³-hybridized carbons (Fsp3) is 0.600. The van der Waals surface area contributed by atoms with Gasteiger partial charge in [-0.3, -0.25) is 4.79 Å². The van der Waals surface area contributed by atoms with Gasteiger partial charge in [-0.2, -0.15) is 0 Å². The van der Waals surface area contributed by atoms with E-state index in [1.54, 1.807) is 19.3 Å². The molecule has 0 bridgehead atoms. The molecule has 0 atom stereocenters. The van der Waals surface area contributed by atoms with Crippen LogP contribution in [0.2, 0.25) is 5.02 Å². The van der Waals surface area contributed by atoms with E-state index >= 15 is 0 Å². The lowest BCUT2D eigenvalue weighted by Gasteiger charge is -2.22. The van der Waals surface area contributed by atoms with Gasteiger partial charge in [-0.15, -0.1) is 0 Å². The maximum absolute atomic E-state index is 12.6. The summed E-state index contributed by atoms with van der Waals surface area (Å²) >= 11 is 6.12. The van der Waals surface area contributed by atoms with Crippen molar-refractivity contribution < 1.29 is 4.79 Å². The van der Waals surface area contributed by atoms with E-state index in [1.165, 1.54) is 25.7 Å². The smallest absolute Gasteiger partial charge is 0.255 e. The minimum absolute atomic E-state index is 0.0702. The second kappa shape index (κ2) is 5.60. The molecule has 1 heterocycles. The van der Waals surface area contributed by atoms with E-state index in [4.69, 9.17) is 11.6 Å². The number of nitrogens with one attached hydrogen (secondary N) is 1. The van der Waals surface area contributed by atoms with Gasteiger partial charge in [0.25, 0.3) is 5.91 Å². The predicted octanol–water partition coefficient (Wildman–Crippen LogP) is 3.04. The third kappa shape index (κ3) is 3.23. The molecule has 2 aliphatic carbocycles. The van der Waals surface area contributed by atoms with Gasteiger partial charge in [-0.25, -0.2) is 4.98 Å². The highest BCUT2D eigenvalue weighted by molar-refractivity contribution is 6.33. The zero-order chi connectivity index (χ0) is 14.1. The molecule has 1 N–H and O–H groups in total. The molecule has 0 radical (unpaired) electrons. The maximum Gasteiger partial charge on any atom is 0.255 e. The Hall–Kier alpha value is -1.29. The van der Waals surface area contributed by atoms with E-state index in [0.29, 0.717) is 28.2 Å². The SMILES string of the molecule is CNc1ncc(C(=O)N(CC2CC2)CC2CC2)cc1Cl. The highest BCUT2D eigenvalue weighted by Gasteiger charge is 2.32. The zero-order valence-corrected chi connectivity index (χ0v) is 12.5. The molecule has 1 aromatic rings. The van der Waals surface area contributed by atoms with E-state index in [-0.39, 0.29) is 5.91 Å². The van der Waals surface area contributed by atoms with Crippen LogP contribution in [0.1, 0.15) is 36.0 Å². The summed E-state index contributed by atoms with van der Waals surface area (Å²) in [5.41, 5.74) is 0.593. The molecule has 1 amide bonds. The van der Waals surface area contributed by atoms with Gasteiger partial charge in [0.2, 0.25) is 0 Å². The number of amides is 1. The van der Waals surface area contributed by atoms with Gasteiger partial charge < -0.3 is 10.2 Å². The van der Waals surface area contributed by atoms with Gasteiger partial charge in [0.15, 0.2) is 0 Å². The second-order valence-electron chi connectivity index (χ2n) is 5.90. The molecule has 2 aliphatic rings. The van der Waals surface area contributed by atoms with Crippen LogP contribution >= 0.6 is 11.6 Å². The molecule has 0 saturated heterocycles. The molecule has 0 spiro atoms. The van der Waals surface area contributed by atoms with Crippen LogP contribution in [0, 0.1) is 11.8 Å². The lowest BCUT2D eigenvalue weighted by Crippen LogP contribution is -2.34. The standard InChI is InChI=1S/C15H20ClN3O/c1-17-14-13(16)6-12(7-18-14)15(20)19(8-10-2-3-10)9-11-4-5-11/h6-7,10-11H,2-5,8-9H2,1H3,(H,17,18). The average Bonchev–Trinajstić information content (AvgIpc) is 3.32. The number of rotatable bonds is 6. The molecular formula is C15H20ClN3O. The average molecular weight is 294 g/mol. The third-order valence-electron chi connectivity index (χ3n) is 3.96. The molecule has 1 aromatic heterocycles. The van der Waals surface area contributed by atoms with Crippen LogP contribution in [-0.4, -0.2) is 35.9 Å². The summed E-state index contributed by atoms with van der Waals surface area (Å²) in [5.74, 6) is 2.09. The fourth-order valence-electron chi connectivity index (χ4n) is 2.39. The van der Waals surface area contributed by atoms with Crippen molar-refractivity contribution in [2.24, 2.45) is 11.8 Å². The normalized spacial score (nSPS) is 17.9. The lowest BCUT2D eigenvalue weighted by atomic mass is 10.2. The first-order chi connectivity index (χ1) is 9.67. The Labute approximate surface area is 124 Å². The summed E-state index contributed by atoms with van der Waals surface area (Å²) in [6.45, 7) is 1.78. The number of halogens is 1. The maximum atomic E-state index is 12.6. The van der Waals surface area contributed by atoms with Gasteiger partial charge in [-0.05, 0) is 43.6 Å². The van der Waals surface area contributed by atoms with Crippen LogP contribution in [0.5, 0.6) is 0 Å². The third-order valence-corrected chi connectivity index (χ3v) is 4.25. The molecular weight excluding hydrogens is 274 g/mol. The van der Waals surface area contributed by atoms with E-state index in [0.717, 1.165) is 13.1 Å². The Kier molecular flexibility index (Phi) is 3.83. The molecule has 5 heteroatoms. The summed E-state index contributed by atoms with van der Waals surface area (Å²) in [6.07, 6.45) is 6.64. The molecule has 0 aromatic carbocycles. The van der Waals surface area contributed by atoms with Gasteiger partial charge in [0.05, 0.1) is 10.6 Å². The van der Waals surface area contributed by atoms with Gasteiger partial charge in [-0.1, -0.05) is 11.6 Å². The molecule has 3 rings (SSSR count). The molecule has 2 fully saturated rings.